The highest BCUT2D eigenvalue weighted by Gasteiger charge is 2.18. The Morgan fingerprint density at radius 2 is 1.74 bits per heavy atom. The number of hydrogen-bond acceptors (Lipinski definition) is 2. The van der Waals surface area contributed by atoms with Crippen LogP contribution in [0.1, 0.15) is 49.5 Å². The molecule has 1 aromatic rings. The van der Waals surface area contributed by atoms with Gasteiger partial charge in [-0.1, -0.05) is 39.8 Å². The molecule has 0 saturated heterocycles. The van der Waals surface area contributed by atoms with E-state index < -0.39 is 0 Å². The molecule has 0 saturated carbocycles. The lowest BCUT2D eigenvalue weighted by molar-refractivity contribution is 0.0936. The molecule has 3 heteroatoms. The number of carbonyl (C=O) groups is 1. The molecule has 0 radical (unpaired) electrons. The van der Waals surface area contributed by atoms with E-state index in [9.17, 15) is 4.79 Å². The van der Waals surface area contributed by atoms with Crippen LogP contribution in [-0.2, 0) is 0 Å². The molecule has 106 valence electrons. The van der Waals surface area contributed by atoms with Crippen molar-refractivity contribution < 1.29 is 4.79 Å². The molecular formula is C16H26N2O. The van der Waals surface area contributed by atoms with E-state index in [4.69, 9.17) is 0 Å². The van der Waals surface area contributed by atoms with Crippen LogP contribution in [0.15, 0.2) is 24.3 Å². The van der Waals surface area contributed by atoms with E-state index in [0.717, 1.165) is 12.1 Å². The van der Waals surface area contributed by atoms with Gasteiger partial charge in [-0.25, -0.2) is 0 Å². The Bertz CT molecular complexity index is 407. The summed E-state index contributed by atoms with van der Waals surface area (Å²) in [5, 5.41) is 6.13. The van der Waals surface area contributed by atoms with Crippen molar-refractivity contribution in [3.63, 3.8) is 0 Å². The van der Waals surface area contributed by atoms with Crippen molar-refractivity contribution >= 4 is 5.91 Å². The van der Waals surface area contributed by atoms with Crippen molar-refractivity contribution in [2.75, 3.05) is 20.1 Å². The van der Waals surface area contributed by atoms with Crippen LogP contribution in [0.4, 0.5) is 0 Å². The summed E-state index contributed by atoms with van der Waals surface area (Å²) in [5.41, 5.74) is 2.04. The van der Waals surface area contributed by atoms with Gasteiger partial charge in [-0.2, -0.15) is 0 Å². The third kappa shape index (κ3) is 5.03. The van der Waals surface area contributed by atoms with E-state index in [2.05, 4.69) is 38.3 Å². The number of amides is 1. The Morgan fingerprint density at radius 1 is 1.16 bits per heavy atom. The van der Waals surface area contributed by atoms with E-state index in [1.54, 1.807) is 0 Å². The maximum atomic E-state index is 12.0. The fourth-order valence-electron chi connectivity index (χ4n) is 1.98. The summed E-state index contributed by atoms with van der Waals surface area (Å²) in [4.78, 5) is 12.0. The molecule has 0 unspecified atom stereocenters. The highest BCUT2D eigenvalue weighted by molar-refractivity contribution is 5.94. The third-order valence-electron chi connectivity index (χ3n) is 3.22. The predicted molar refractivity (Wildman–Crippen MR) is 80.6 cm³/mol. The molecule has 2 N–H and O–H groups in total. The second kappa shape index (κ2) is 6.71. The van der Waals surface area contributed by atoms with E-state index in [1.165, 1.54) is 5.56 Å². The van der Waals surface area contributed by atoms with Gasteiger partial charge in [0.2, 0.25) is 0 Å². The van der Waals surface area contributed by atoms with Crippen LogP contribution in [0.25, 0.3) is 0 Å². The van der Waals surface area contributed by atoms with Crippen LogP contribution < -0.4 is 10.6 Å². The van der Waals surface area contributed by atoms with E-state index in [0.29, 0.717) is 12.5 Å². The highest BCUT2D eigenvalue weighted by atomic mass is 16.1. The molecule has 0 aromatic heterocycles. The van der Waals surface area contributed by atoms with Crippen molar-refractivity contribution in [3.05, 3.63) is 35.4 Å². The zero-order valence-electron chi connectivity index (χ0n) is 12.7. The Kier molecular flexibility index (Phi) is 5.55. The summed E-state index contributed by atoms with van der Waals surface area (Å²) < 4.78 is 0. The summed E-state index contributed by atoms with van der Waals surface area (Å²) in [6, 6.07) is 7.85. The van der Waals surface area contributed by atoms with Crippen LogP contribution in [0.2, 0.25) is 0 Å². The molecule has 19 heavy (non-hydrogen) atoms. The molecule has 0 aliphatic heterocycles. The summed E-state index contributed by atoms with van der Waals surface area (Å²) >= 11 is 0. The highest BCUT2D eigenvalue weighted by Crippen LogP contribution is 2.15. The molecule has 0 fully saturated rings. The summed E-state index contributed by atoms with van der Waals surface area (Å²) in [7, 11) is 1.92. The fraction of sp³-hybridized carbons (Fsp3) is 0.562. The summed E-state index contributed by atoms with van der Waals surface area (Å²) in [6.07, 6.45) is 0. The van der Waals surface area contributed by atoms with Gasteiger partial charge in [0, 0.05) is 18.7 Å². The third-order valence-corrected chi connectivity index (χ3v) is 3.22. The number of carbonyl (C=O) groups excluding carboxylic acids is 1. The Hall–Kier alpha value is -1.35. The fourth-order valence-corrected chi connectivity index (χ4v) is 1.98. The molecule has 1 rings (SSSR count). The lowest BCUT2D eigenvalue weighted by atomic mass is 9.93. The second-order valence-electron chi connectivity index (χ2n) is 6.15. The average Bonchev–Trinajstić information content (AvgIpc) is 2.36. The van der Waals surface area contributed by atoms with Crippen LogP contribution in [0, 0.1) is 5.41 Å². The van der Waals surface area contributed by atoms with E-state index in [1.807, 2.05) is 31.3 Å². The number of nitrogens with one attached hydrogen (secondary N) is 2. The Morgan fingerprint density at radius 3 is 2.21 bits per heavy atom. The quantitative estimate of drug-likeness (QED) is 0.827. The average molecular weight is 262 g/mol. The largest absolute Gasteiger partial charge is 0.351 e. The molecule has 0 bridgehead atoms. The van der Waals surface area contributed by atoms with Gasteiger partial charge in [0.15, 0.2) is 0 Å². The molecule has 0 heterocycles. The van der Waals surface area contributed by atoms with Crippen LogP contribution in [-0.4, -0.2) is 26.0 Å². The van der Waals surface area contributed by atoms with E-state index in [-0.39, 0.29) is 11.3 Å². The number of hydrogen-bond donors (Lipinski definition) is 2. The predicted octanol–water partition coefficient (Wildman–Crippen LogP) is 2.79. The first-order valence-electron chi connectivity index (χ1n) is 6.88. The van der Waals surface area contributed by atoms with Gasteiger partial charge in [0.25, 0.3) is 5.91 Å². The van der Waals surface area contributed by atoms with Gasteiger partial charge in [-0.3, -0.25) is 4.79 Å². The topological polar surface area (TPSA) is 41.1 Å². The van der Waals surface area contributed by atoms with Crippen LogP contribution in [0.5, 0.6) is 0 Å². The molecule has 0 atom stereocenters. The molecular weight excluding hydrogens is 236 g/mol. The lowest BCUT2D eigenvalue weighted by Gasteiger charge is -2.24. The maximum Gasteiger partial charge on any atom is 0.251 e. The van der Waals surface area contributed by atoms with Gasteiger partial charge in [0.05, 0.1) is 0 Å². The Balaban J connectivity index is 2.59. The smallest absolute Gasteiger partial charge is 0.251 e. The Labute approximate surface area is 116 Å². The van der Waals surface area contributed by atoms with Gasteiger partial charge in [0.1, 0.15) is 0 Å². The summed E-state index contributed by atoms with van der Waals surface area (Å²) in [6.45, 7) is 10.1. The minimum atomic E-state index is -0.000478. The normalized spacial score (nSPS) is 11.7. The van der Waals surface area contributed by atoms with Crippen molar-refractivity contribution in [3.8, 4) is 0 Å². The molecule has 1 aromatic carbocycles. The number of benzene rings is 1. The van der Waals surface area contributed by atoms with Crippen LogP contribution in [0.3, 0.4) is 0 Å². The molecule has 1 amide bonds. The monoisotopic (exact) mass is 262 g/mol. The zero-order chi connectivity index (χ0) is 14.5. The zero-order valence-corrected chi connectivity index (χ0v) is 12.7. The van der Waals surface area contributed by atoms with Crippen molar-refractivity contribution in [1.82, 2.24) is 10.6 Å². The minimum absolute atomic E-state index is 0.000478. The lowest BCUT2D eigenvalue weighted by Crippen LogP contribution is -2.39. The second-order valence-corrected chi connectivity index (χ2v) is 6.15. The first-order chi connectivity index (χ1) is 8.85. The van der Waals surface area contributed by atoms with Crippen molar-refractivity contribution in [2.24, 2.45) is 5.41 Å². The van der Waals surface area contributed by atoms with Gasteiger partial charge < -0.3 is 10.6 Å². The molecule has 0 spiro atoms. The van der Waals surface area contributed by atoms with Gasteiger partial charge in [-0.05, 0) is 36.1 Å². The van der Waals surface area contributed by atoms with Gasteiger partial charge >= 0.3 is 0 Å². The van der Waals surface area contributed by atoms with E-state index >= 15 is 0 Å². The SMILES string of the molecule is CNCC(C)(C)CNC(=O)c1ccc(C(C)C)cc1. The number of rotatable bonds is 6. The standard InChI is InChI=1S/C16H26N2O/c1-12(2)13-6-8-14(9-7-13)15(19)18-11-16(3,4)10-17-5/h6-9,12,17H,10-11H2,1-5H3,(H,18,19). The first-order valence-corrected chi connectivity index (χ1v) is 6.88. The molecule has 3 nitrogen and oxygen atoms in total. The van der Waals surface area contributed by atoms with Crippen molar-refractivity contribution in [1.29, 1.82) is 0 Å². The molecule has 0 aliphatic carbocycles. The van der Waals surface area contributed by atoms with Gasteiger partial charge in [-0.15, -0.1) is 0 Å². The maximum absolute atomic E-state index is 12.0. The minimum Gasteiger partial charge on any atom is -0.351 e. The summed E-state index contributed by atoms with van der Waals surface area (Å²) in [5.74, 6) is 0.492. The first kappa shape index (κ1) is 15.7. The van der Waals surface area contributed by atoms with Crippen LogP contribution >= 0.6 is 0 Å². The molecule has 0 aliphatic rings. The van der Waals surface area contributed by atoms with Crippen molar-refractivity contribution in [2.45, 2.75) is 33.6 Å².